The van der Waals surface area contributed by atoms with Gasteiger partial charge in [-0.15, -0.1) is 0 Å². The van der Waals surface area contributed by atoms with Gasteiger partial charge in [0.2, 0.25) is 5.91 Å². The van der Waals surface area contributed by atoms with Crippen molar-refractivity contribution >= 4 is 21.3 Å². The summed E-state index contributed by atoms with van der Waals surface area (Å²) in [5.41, 5.74) is 13.0. The maximum atomic E-state index is 12.1. The molecule has 5 heteroatoms. The number of allylic oxidation sites excluding steroid dienone is 2. The molecule has 1 amide bonds. The first-order valence-electron chi connectivity index (χ1n) is 9.55. The van der Waals surface area contributed by atoms with Gasteiger partial charge in [0.1, 0.15) is 0 Å². The fraction of sp³-hybridized carbons (Fsp3) is 0.292. The smallest absolute Gasteiger partial charge is 0.249 e. The number of carbonyl (C=O) groups excluding carboxylic acids is 1. The summed E-state index contributed by atoms with van der Waals surface area (Å²) in [5.74, 6) is -0.427. The molecule has 4 nitrogen and oxygen atoms in total. The van der Waals surface area contributed by atoms with Crippen LogP contribution in [-0.4, -0.2) is 20.1 Å². The topological polar surface area (TPSA) is 77.2 Å². The van der Waals surface area contributed by atoms with Gasteiger partial charge < -0.3 is 5.73 Å². The van der Waals surface area contributed by atoms with Crippen molar-refractivity contribution in [3.63, 3.8) is 0 Å². The van der Waals surface area contributed by atoms with Crippen LogP contribution in [-0.2, 0) is 21.7 Å². The molecule has 0 aromatic heterocycles. The van der Waals surface area contributed by atoms with Crippen molar-refractivity contribution in [2.45, 2.75) is 39.5 Å². The molecular formula is C24H27NO3S. The lowest BCUT2D eigenvalue weighted by molar-refractivity contribution is 0.0999. The van der Waals surface area contributed by atoms with E-state index in [0.717, 1.165) is 45.2 Å². The zero-order valence-corrected chi connectivity index (χ0v) is 18.2. The third kappa shape index (κ3) is 3.92. The van der Waals surface area contributed by atoms with Crippen LogP contribution in [0.3, 0.4) is 0 Å². The van der Waals surface area contributed by atoms with Crippen molar-refractivity contribution in [2.24, 2.45) is 5.73 Å². The summed E-state index contributed by atoms with van der Waals surface area (Å²) in [6.07, 6.45) is 0.718. The average Bonchev–Trinajstić information content (AvgIpc) is 2.95. The van der Waals surface area contributed by atoms with Crippen molar-refractivity contribution in [2.75, 3.05) is 5.75 Å². The van der Waals surface area contributed by atoms with Crippen LogP contribution < -0.4 is 5.73 Å². The predicted octanol–water partition coefficient (Wildman–Crippen LogP) is 4.64. The predicted molar refractivity (Wildman–Crippen MR) is 119 cm³/mol. The standard InChI is InChI=1S/C24H27NO3S/c1-6-29(27,28)14-24(4,5)18-9-7-8-17(13-18)19-10-11-20(23(25)26)21-12-15(2)16(3)22(19)21/h6-11,13H,1,12,14H2,2-5H3,(H2,25,26). The Morgan fingerprint density at radius 3 is 2.52 bits per heavy atom. The Labute approximate surface area is 173 Å². The number of carbonyl (C=O) groups is 1. The molecular weight excluding hydrogens is 382 g/mol. The van der Waals surface area contributed by atoms with E-state index in [4.69, 9.17) is 5.73 Å². The molecule has 0 atom stereocenters. The quantitative estimate of drug-likeness (QED) is 0.755. The number of amides is 1. The van der Waals surface area contributed by atoms with Gasteiger partial charge in [-0.3, -0.25) is 4.79 Å². The first kappa shape index (κ1) is 21.1. The van der Waals surface area contributed by atoms with Crippen molar-refractivity contribution in [1.82, 2.24) is 0 Å². The molecule has 0 spiro atoms. The normalized spacial score (nSPS) is 14.1. The van der Waals surface area contributed by atoms with Crippen molar-refractivity contribution < 1.29 is 13.2 Å². The number of sulfone groups is 1. The molecule has 0 unspecified atom stereocenters. The molecule has 2 aromatic carbocycles. The van der Waals surface area contributed by atoms with Crippen LogP contribution in [0.4, 0.5) is 0 Å². The second-order valence-electron chi connectivity index (χ2n) is 8.40. The van der Waals surface area contributed by atoms with Gasteiger partial charge in [-0.1, -0.05) is 56.3 Å². The summed E-state index contributed by atoms with van der Waals surface area (Å²) in [7, 11) is -3.34. The Bertz CT molecular complexity index is 1150. The highest BCUT2D eigenvalue weighted by Gasteiger charge is 2.28. The molecule has 0 bridgehead atoms. The fourth-order valence-corrected chi connectivity index (χ4v) is 5.39. The van der Waals surface area contributed by atoms with Gasteiger partial charge in [0, 0.05) is 16.4 Å². The largest absolute Gasteiger partial charge is 0.366 e. The molecule has 1 aliphatic rings. The number of hydrogen-bond donors (Lipinski definition) is 1. The molecule has 3 rings (SSSR count). The number of nitrogens with two attached hydrogens (primary N) is 1. The summed E-state index contributed by atoms with van der Waals surface area (Å²) in [5, 5.41) is 1.02. The van der Waals surface area contributed by atoms with Crippen molar-refractivity contribution in [1.29, 1.82) is 0 Å². The summed E-state index contributed by atoms with van der Waals surface area (Å²) < 4.78 is 24.2. The number of benzene rings is 2. The molecule has 2 N–H and O–H groups in total. The van der Waals surface area contributed by atoms with E-state index < -0.39 is 21.2 Å². The molecule has 29 heavy (non-hydrogen) atoms. The maximum absolute atomic E-state index is 12.1. The van der Waals surface area contributed by atoms with Crippen molar-refractivity contribution in [3.8, 4) is 11.1 Å². The molecule has 1 aliphatic carbocycles. The summed E-state index contributed by atoms with van der Waals surface area (Å²) in [4.78, 5) is 11.9. The lowest BCUT2D eigenvalue weighted by atomic mass is 9.84. The number of hydrogen-bond acceptors (Lipinski definition) is 3. The zero-order valence-electron chi connectivity index (χ0n) is 17.4. The first-order valence-corrected chi connectivity index (χ1v) is 11.3. The highest BCUT2D eigenvalue weighted by molar-refractivity contribution is 7.94. The second-order valence-corrected chi connectivity index (χ2v) is 10.3. The van der Waals surface area contributed by atoms with Crippen molar-refractivity contribution in [3.05, 3.63) is 76.2 Å². The molecule has 0 radical (unpaired) electrons. The van der Waals surface area contributed by atoms with Gasteiger partial charge in [0.15, 0.2) is 9.84 Å². The monoisotopic (exact) mass is 409 g/mol. The summed E-state index contributed by atoms with van der Waals surface area (Å²) >= 11 is 0. The van der Waals surface area contributed by atoms with Crippen LogP contribution in [0.25, 0.3) is 16.7 Å². The first-order chi connectivity index (χ1) is 13.5. The molecule has 0 saturated carbocycles. The van der Waals surface area contributed by atoms with E-state index in [1.54, 1.807) is 6.07 Å². The molecule has 152 valence electrons. The molecule has 0 saturated heterocycles. The van der Waals surface area contributed by atoms with Gasteiger partial charge in [-0.2, -0.15) is 0 Å². The van der Waals surface area contributed by atoms with E-state index in [1.165, 1.54) is 5.57 Å². The molecule has 0 fully saturated rings. The van der Waals surface area contributed by atoms with E-state index in [2.05, 4.69) is 20.4 Å². The fourth-order valence-electron chi connectivity index (χ4n) is 4.10. The van der Waals surface area contributed by atoms with E-state index in [9.17, 15) is 13.2 Å². The van der Waals surface area contributed by atoms with E-state index in [1.807, 2.05) is 44.2 Å². The Morgan fingerprint density at radius 2 is 1.90 bits per heavy atom. The van der Waals surface area contributed by atoms with Gasteiger partial charge in [0.25, 0.3) is 0 Å². The van der Waals surface area contributed by atoms with Crippen LogP contribution in [0.1, 0.15) is 54.7 Å². The third-order valence-corrected chi connectivity index (χ3v) is 7.44. The Morgan fingerprint density at radius 1 is 1.21 bits per heavy atom. The van der Waals surface area contributed by atoms with Crippen LogP contribution in [0.5, 0.6) is 0 Å². The zero-order chi connectivity index (χ0) is 21.6. The highest BCUT2D eigenvalue weighted by atomic mass is 32.2. The number of rotatable bonds is 6. The number of primary amides is 1. The number of fused-ring (bicyclic) bond motifs is 1. The second kappa shape index (κ2) is 7.30. The lowest BCUT2D eigenvalue weighted by Crippen LogP contribution is -2.27. The van der Waals surface area contributed by atoms with Crippen LogP contribution in [0, 0.1) is 0 Å². The molecule has 0 aliphatic heterocycles. The molecule has 0 heterocycles. The minimum atomic E-state index is -3.34. The Kier molecular flexibility index (Phi) is 5.30. The summed E-state index contributed by atoms with van der Waals surface area (Å²) in [6.45, 7) is 11.4. The van der Waals surface area contributed by atoms with E-state index in [0.29, 0.717) is 5.56 Å². The minimum Gasteiger partial charge on any atom is -0.366 e. The lowest BCUT2D eigenvalue weighted by Gasteiger charge is -2.25. The van der Waals surface area contributed by atoms with Crippen LogP contribution in [0.15, 0.2) is 54.0 Å². The third-order valence-electron chi connectivity index (χ3n) is 5.81. The highest BCUT2D eigenvalue weighted by Crippen LogP contribution is 2.41. The van der Waals surface area contributed by atoms with Gasteiger partial charge in [-0.05, 0) is 59.7 Å². The van der Waals surface area contributed by atoms with Gasteiger partial charge >= 0.3 is 0 Å². The minimum absolute atomic E-state index is 0.0102. The Hall–Kier alpha value is -2.66. The van der Waals surface area contributed by atoms with Crippen LogP contribution in [0.2, 0.25) is 0 Å². The van der Waals surface area contributed by atoms with E-state index in [-0.39, 0.29) is 5.75 Å². The average molecular weight is 410 g/mol. The Balaban J connectivity index is 2.15. The maximum Gasteiger partial charge on any atom is 0.249 e. The van der Waals surface area contributed by atoms with Gasteiger partial charge in [-0.25, -0.2) is 8.42 Å². The van der Waals surface area contributed by atoms with Crippen LogP contribution >= 0.6 is 0 Å². The molecule has 2 aromatic rings. The van der Waals surface area contributed by atoms with E-state index >= 15 is 0 Å². The SMILES string of the molecule is C=CS(=O)(=O)CC(C)(C)c1cccc(-c2ccc(C(N)=O)c3c2C(C)=C(C)C3)c1. The summed E-state index contributed by atoms with van der Waals surface area (Å²) in [6, 6.07) is 11.7. The van der Waals surface area contributed by atoms with Gasteiger partial charge in [0.05, 0.1) is 5.75 Å².